The van der Waals surface area contributed by atoms with Crippen LogP contribution in [0.15, 0.2) is 54.6 Å². The molecule has 0 heterocycles. The number of phenolic OH excluding ortho intramolecular Hbond substituents is 1. The number of nitrogens with two attached hydrogens (primary N) is 2. The third-order valence-corrected chi connectivity index (χ3v) is 6.00. The minimum Gasteiger partial charge on any atom is -0.508 e. The molecule has 4 amide bonds. The van der Waals surface area contributed by atoms with Crippen LogP contribution in [0.3, 0.4) is 0 Å². The molecular weight excluding hydrogens is 522 g/mol. The van der Waals surface area contributed by atoms with Crippen LogP contribution < -0.4 is 27.4 Å². The molecule has 0 bridgehead atoms. The molecule has 0 saturated carbocycles. The van der Waals surface area contributed by atoms with Gasteiger partial charge in [0.05, 0.1) is 12.1 Å². The van der Waals surface area contributed by atoms with Gasteiger partial charge in [0.2, 0.25) is 23.6 Å². The van der Waals surface area contributed by atoms with Gasteiger partial charge >= 0.3 is 5.97 Å². The number of benzene rings is 2. The number of carboxylic acid groups (broad SMARTS) is 1. The van der Waals surface area contributed by atoms with Crippen LogP contribution >= 0.6 is 0 Å². The molecule has 5 atom stereocenters. The van der Waals surface area contributed by atoms with Gasteiger partial charge in [-0.3, -0.25) is 19.2 Å². The van der Waals surface area contributed by atoms with Crippen LogP contribution in [-0.2, 0) is 36.8 Å². The normalized spacial score (nSPS) is 14.6. The lowest BCUT2D eigenvalue weighted by Gasteiger charge is -2.26. The molecule has 13 heteroatoms. The lowest BCUT2D eigenvalue weighted by Crippen LogP contribution is -2.60. The first kappa shape index (κ1) is 31.7. The van der Waals surface area contributed by atoms with E-state index in [2.05, 4.69) is 16.0 Å². The van der Waals surface area contributed by atoms with E-state index in [4.69, 9.17) is 11.5 Å². The van der Waals surface area contributed by atoms with Gasteiger partial charge < -0.3 is 42.7 Å². The fourth-order valence-electron chi connectivity index (χ4n) is 3.78. The Labute approximate surface area is 230 Å². The lowest BCUT2D eigenvalue weighted by atomic mass is 10.0. The largest absolute Gasteiger partial charge is 0.508 e. The summed E-state index contributed by atoms with van der Waals surface area (Å²) in [7, 11) is 0. The molecule has 2 aromatic rings. The summed E-state index contributed by atoms with van der Waals surface area (Å²) in [4.78, 5) is 61.7. The smallest absolute Gasteiger partial charge is 0.326 e. The molecule has 2 aromatic carbocycles. The molecule has 13 nitrogen and oxygen atoms in total. The molecule has 0 aliphatic carbocycles. The summed E-state index contributed by atoms with van der Waals surface area (Å²) in [6, 6.07) is 9.33. The highest BCUT2D eigenvalue weighted by Gasteiger charge is 2.32. The summed E-state index contributed by atoms with van der Waals surface area (Å²) in [6.07, 6.45) is -1.91. The van der Waals surface area contributed by atoms with Gasteiger partial charge in [-0.25, -0.2) is 4.79 Å². The third kappa shape index (κ3) is 10.3. The summed E-state index contributed by atoms with van der Waals surface area (Å²) in [5.41, 5.74) is 12.4. The van der Waals surface area contributed by atoms with Crippen molar-refractivity contribution in [3.8, 4) is 5.75 Å². The van der Waals surface area contributed by atoms with Crippen molar-refractivity contribution in [2.45, 2.75) is 62.9 Å². The molecule has 2 rings (SSSR count). The van der Waals surface area contributed by atoms with Crippen molar-refractivity contribution in [1.82, 2.24) is 16.0 Å². The van der Waals surface area contributed by atoms with E-state index in [9.17, 15) is 39.3 Å². The van der Waals surface area contributed by atoms with Crippen molar-refractivity contribution in [1.29, 1.82) is 0 Å². The topological polar surface area (TPSA) is 234 Å². The third-order valence-electron chi connectivity index (χ3n) is 6.00. The van der Waals surface area contributed by atoms with Gasteiger partial charge in [0.1, 0.15) is 23.9 Å². The maximum absolute atomic E-state index is 13.2. The van der Waals surface area contributed by atoms with Crippen molar-refractivity contribution in [2.24, 2.45) is 11.5 Å². The first-order valence-corrected chi connectivity index (χ1v) is 12.5. The molecule has 0 radical (unpaired) electrons. The number of primary amides is 1. The maximum atomic E-state index is 13.2. The Kier molecular flexibility index (Phi) is 12.0. The number of hydrogen-bond acceptors (Lipinski definition) is 8. The number of aliphatic hydroxyl groups excluding tert-OH is 1. The lowest BCUT2D eigenvalue weighted by molar-refractivity contribution is -0.142. The highest BCUT2D eigenvalue weighted by molar-refractivity contribution is 5.94. The van der Waals surface area contributed by atoms with Crippen molar-refractivity contribution in [3.63, 3.8) is 0 Å². The predicted octanol–water partition coefficient (Wildman–Crippen LogP) is -1.31. The first-order valence-electron chi connectivity index (χ1n) is 12.5. The van der Waals surface area contributed by atoms with Crippen LogP contribution in [0.5, 0.6) is 5.75 Å². The van der Waals surface area contributed by atoms with Gasteiger partial charge in [-0.05, 0) is 43.0 Å². The number of aliphatic hydroxyl groups is 1. The monoisotopic (exact) mass is 557 g/mol. The summed E-state index contributed by atoms with van der Waals surface area (Å²) in [6.45, 7) is 1.27. The van der Waals surface area contributed by atoms with E-state index in [0.717, 1.165) is 5.56 Å². The van der Waals surface area contributed by atoms with E-state index in [1.807, 2.05) is 6.07 Å². The van der Waals surface area contributed by atoms with E-state index < -0.39 is 59.9 Å². The van der Waals surface area contributed by atoms with Crippen LogP contribution in [0.25, 0.3) is 0 Å². The second-order valence-electron chi connectivity index (χ2n) is 9.36. The second kappa shape index (κ2) is 15.2. The average molecular weight is 558 g/mol. The van der Waals surface area contributed by atoms with Gasteiger partial charge in [-0.1, -0.05) is 42.5 Å². The number of carboxylic acids is 1. The van der Waals surface area contributed by atoms with Gasteiger partial charge in [0.15, 0.2) is 0 Å². The quantitative estimate of drug-likeness (QED) is 0.130. The second-order valence-corrected chi connectivity index (χ2v) is 9.36. The zero-order chi connectivity index (χ0) is 29.8. The van der Waals surface area contributed by atoms with Gasteiger partial charge in [-0.15, -0.1) is 0 Å². The number of hydrogen-bond donors (Lipinski definition) is 8. The van der Waals surface area contributed by atoms with Crippen LogP contribution in [0.1, 0.15) is 30.9 Å². The number of aromatic hydroxyl groups is 1. The molecule has 0 saturated heterocycles. The molecule has 5 unspecified atom stereocenters. The van der Waals surface area contributed by atoms with Crippen LogP contribution in [0.2, 0.25) is 0 Å². The van der Waals surface area contributed by atoms with Crippen LogP contribution in [0, 0.1) is 0 Å². The average Bonchev–Trinajstić information content (AvgIpc) is 2.90. The summed E-state index contributed by atoms with van der Waals surface area (Å²) < 4.78 is 0. The highest BCUT2D eigenvalue weighted by atomic mass is 16.4. The summed E-state index contributed by atoms with van der Waals surface area (Å²) in [5, 5.41) is 36.4. The number of carbonyl (C=O) groups excluding carboxylic acids is 4. The van der Waals surface area contributed by atoms with E-state index in [1.165, 1.54) is 31.2 Å². The predicted molar refractivity (Wildman–Crippen MR) is 143 cm³/mol. The number of phenols is 1. The fourth-order valence-corrected chi connectivity index (χ4v) is 3.78. The zero-order valence-electron chi connectivity index (χ0n) is 21.9. The fraction of sp³-hybridized carbons (Fsp3) is 0.370. The maximum Gasteiger partial charge on any atom is 0.326 e. The minimum absolute atomic E-state index is 0.0325. The molecule has 216 valence electrons. The molecule has 0 aromatic heterocycles. The number of aliphatic carboxylic acids is 1. The summed E-state index contributed by atoms with van der Waals surface area (Å²) >= 11 is 0. The highest BCUT2D eigenvalue weighted by Crippen LogP contribution is 2.12. The molecule has 40 heavy (non-hydrogen) atoms. The Balaban J connectivity index is 2.20. The standard InChI is InChI=1S/C27H35N5O8/c1-15(33)23(32-24(36)19(28)13-16-5-3-2-4-6-16)26(38)31-21(14-17-7-9-18(34)10-8-17)25(37)30-20(27(39)40)11-12-22(29)35/h2-10,15,19-21,23,33-34H,11-14,28H2,1H3,(H2,29,35)(H,30,37)(H,31,38)(H,32,36)(H,39,40). The molecule has 10 N–H and O–H groups in total. The van der Waals surface area contributed by atoms with Crippen LogP contribution in [0.4, 0.5) is 0 Å². The minimum atomic E-state index is -1.49. The molecule has 0 aliphatic heterocycles. The van der Waals surface area contributed by atoms with E-state index in [0.29, 0.717) is 5.56 Å². The van der Waals surface area contributed by atoms with Crippen molar-refractivity contribution in [2.75, 3.05) is 0 Å². The van der Waals surface area contributed by atoms with E-state index in [1.54, 1.807) is 24.3 Å². The summed E-state index contributed by atoms with van der Waals surface area (Å²) in [5.74, 6) is -4.72. The van der Waals surface area contributed by atoms with Crippen molar-refractivity contribution < 1.29 is 39.3 Å². The van der Waals surface area contributed by atoms with Gasteiger partial charge in [0.25, 0.3) is 0 Å². The molecule has 0 spiro atoms. The SMILES string of the molecule is CC(O)C(NC(=O)C(N)Cc1ccccc1)C(=O)NC(Cc1ccc(O)cc1)C(=O)NC(CCC(N)=O)C(=O)O. The van der Waals surface area contributed by atoms with E-state index in [-0.39, 0.29) is 31.4 Å². The number of rotatable bonds is 15. The Morgan fingerprint density at radius 2 is 1.38 bits per heavy atom. The molecular formula is C27H35N5O8. The molecule has 0 aliphatic rings. The Hall–Kier alpha value is -4.49. The number of nitrogens with one attached hydrogen (secondary N) is 3. The molecule has 0 fully saturated rings. The van der Waals surface area contributed by atoms with Crippen LogP contribution in [-0.4, -0.2) is 75.2 Å². The first-order chi connectivity index (χ1) is 18.9. The van der Waals surface area contributed by atoms with E-state index >= 15 is 0 Å². The van der Waals surface area contributed by atoms with Gasteiger partial charge in [-0.2, -0.15) is 0 Å². The van der Waals surface area contributed by atoms with Crippen molar-refractivity contribution >= 4 is 29.6 Å². The number of amides is 4. The van der Waals surface area contributed by atoms with Crippen molar-refractivity contribution in [3.05, 3.63) is 65.7 Å². The Morgan fingerprint density at radius 1 is 0.800 bits per heavy atom. The Bertz CT molecular complexity index is 1170. The Morgan fingerprint density at radius 3 is 1.93 bits per heavy atom. The zero-order valence-corrected chi connectivity index (χ0v) is 21.9. The number of carbonyl (C=O) groups is 5. The van der Waals surface area contributed by atoms with Gasteiger partial charge in [0, 0.05) is 12.8 Å².